The van der Waals surface area contributed by atoms with Crippen LogP contribution in [-0.4, -0.2) is 27.5 Å². The highest BCUT2D eigenvalue weighted by molar-refractivity contribution is 7.13. The Balaban J connectivity index is 1.47. The van der Waals surface area contributed by atoms with Crippen LogP contribution in [0.15, 0.2) is 46.3 Å². The molecule has 0 radical (unpaired) electrons. The van der Waals surface area contributed by atoms with Gasteiger partial charge in [-0.3, -0.25) is 4.79 Å². The van der Waals surface area contributed by atoms with Crippen molar-refractivity contribution in [2.24, 2.45) is 0 Å². The summed E-state index contributed by atoms with van der Waals surface area (Å²) in [5.41, 5.74) is 0.898. The van der Waals surface area contributed by atoms with E-state index in [0.717, 1.165) is 10.4 Å². The van der Waals surface area contributed by atoms with Gasteiger partial charge < -0.3 is 9.42 Å². The second-order valence-electron chi connectivity index (χ2n) is 5.74. The number of hydrogen-bond donors (Lipinski definition) is 0. The maximum atomic E-state index is 13.0. The molecule has 122 valence electrons. The number of carbonyl (C=O) groups excluding carboxylic acids is 1. The fourth-order valence-electron chi connectivity index (χ4n) is 2.81. The van der Waals surface area contributed by atoms with Crippen molar-refractivity contribution in [1.29, 1.82) is 0 Å². The monoisotopic (exact) mass is 343 g/mol. The maximum Gasteiger partial charge on any atom is 0.232 e. The largest absolute Gasteiger partial charge is 0.339 e. The van der Waals surface area contributed by atoms with Gasteiger partial charge in [0.25, 0.3) is 0 Å². The minimum Gasteiger partial charge on any atom is -0.339 e. The Kier molecular flexibility index (Phi) is 3.86. The Bertz CT molecular complexity index is 845. The third kappa shape index (κ3) is 2.94. The average Bonchev–Trinajstić information content (AvgIpc) is 3.30. The number of hydrogen-bond acceptors (Lipinski definition) is 5. The third-order valence-corrected chi connectivity index (χ3v) is 4.90. The molecular weight excluding hydrogens is 329 g/mol. The quantitative estimate of drug-likeness (QED) is 0.728. The van der Waals surface area contributed by atoms with Gasteiger partial charge in [0.1, 0.15) is 5.82 Å². The number of carbonyl (C=O) groups is 1. The Morgan fingerprint density at radius 3 is 2.88 bits per heavy atom. The van der Waals surface area contributed by atoms with Crippen LogP contribution >= 0.6 is 11.3 Å². The van der Waals surface area contributed by atoms with Crippen LogP contribution in [-0.2, 0) is 11.3 Å². The van der Waals surface area contributed by atoms with Gasteiger partial charge in [-0.2, -0.15) is 4.98 Å². The van der Waals surface area contributed by atoms with Crippen LogP contribution in [0, 0.1) is 5.82 Å². The standard InChI is InChI=1S/C17H14FN3O2S/c18-13-5-3-11(4-6-13)9-21-10-12(8-15(21)22)17-19-16(20-23-17)14-2-1-7-24-14/h1-7,12H,8-10H2/t12-/m1/s1. The molecule has 0 unspecified atom stereocenters. The normalized spacial score (nSPS) is 17.6. The van der Waals surface area contributed by atoms with Crippen LogP contribution < -0.4 is 0 Å². The van der Waals surface area contributed by atoms with Crippen LogP contribution in [0.5, 0.6) is 0 Å². The molecule has 1 fully saturated rings. The Morgan fingerprint density at radius 1 is 1.29 bits per heavy atom. The lowest BCUT2D eigenvalue weighted by atomic mass is 10.1. The molecular formula is C17H14FN3O2S. The number of thiophene rings is 1. The number of aromatic nitrogens is 2. The van der Waals surface area contributed by atoms with Gasteiger partial charge in [0.15, 0.2) is 0 Å². The van der Waals surface area contributed by atoms with Crippen LogP contribution in [0.25, 0.3) is 10.7 Å². The second kappa shape index (κ2) is 6.16. The molecule has 3 heterocycles. The molecule has 0 spiro atoms. The van der Waals surface area contributed by atoms with E-state index in [-0.39, 0.29) is 17.6 Å². The van der Waals surface area contributed by atoms with Gasteiger partial charge in [0, 0.05) is 19.5 Å². The highest BCUT2D eigenvalue weighted by Crippen LogP contribution is 2.30. The van der Waals surface area contributed by atoms with Gasteiger partial charge in [-0.15, -0.1) is 11.3 Å². The number of rotatable bonds is 4. The lowest BCUT2D eigenvalue weighted by molar-refractivity contribution is -0.128. The molecule has 3 aromatic rings. The van der Waals surface area contributed by atoms with Gasteiger partial charge in [0.2, 0.25) is 17.6 Å². The van der Waals surface area contributed by atoms with Crippen molar-refractivity contribution in [3.05, 3.63) is 59.0 Å². The van der Waals surface area contributed by atoms with E-state index in [0.29, 0.717) is 31.2 Å². The molecule has 0 aliphatic carbocycles. The second-order valence-corrected chi connectivity index (χ2v) is 6.68. The Hall–Kier alpha value is -2.54. The summed E-state index contributed by atoms with van der Waals surface area (Å²) in [6.45, 7) is 0.990. The molecule has 0 N–H and O–H groups in total. The zero-order chi connectivity index (χ0) is 16.5. The minimum atomic E-state index is -0.281. The van der Waals surface area contributed by atoms with Gasteiger partial charge in [0.05, 0.1) is 10.8 Å². The molecule has 0 saturated carbocycles. The minimum absolute atomic E-state index is 0.0419. The van der Waals surface area contributed by atoms with E-state index in [2.05, 4.69) is 10.1 Å². The molecule has 1 amide bonds. The van der Waals surface area contributed by atoms with Crippen molar-refractivity contribution in [3.8, 4) is 10.7 Å². The van der Waals surface area contributed by atoms with E-state index in [1.165, 1.54) is 12.1 Å². The third-order valence-electron chi connectivity index (χ3n) is 4.03. The first kappa shape index (κ1) is 15.0. The van der Waals surface area contributed by atoms with Gasteiger partial charge in [-0.05, 0) is 29.1 Å². The van der Waals surface area contributed by atoms with E-state index >= 15 is 0 Å². The summed E-state index contributed by atoms with van der Waals surface area (Å²) in [4.78, 5) is 19.3. The topological polar surface area (TPSA) is 59.2 Å². The molecule has 1 saturated heterocycles. The number of benzene rings is 1. The smallest absolute Gasteiger partial charge is 0.232 e. The Labute approximate surface area is 141 Å². The highest BCUT2D eigenvalue weighted by atomic mass is 32.1. The summed E-state index contributed by atoms with van der Waals surface area (Å²) >= 11 is 1.54. The predicted octanol–water partition coefficient (Wildman–Crippen LogP) is 3.45. The van der Waals surface area contributed by atoms with Crippen molar-refractivity contribution in [3.63, 3.8) is 0 Å². The van der Waals surface area contributed by atoms with Crippen molar-refractivity contribution in [2.45, 2.75) is 18.9 Å². The molecule has 1 aliphatic heterocycles. The van der Waals surface area contributed by atoms with Crippen molar-refractivity contribution < 1.29 is 13.7 Å². The number of amides is 1. The van der Waals surface area contributed by atoms with Gasteiger partial charge in [-0.25, -0.2) is 4.39 Å². The summed E-state index contributed by atoms with van der Waals surface area (Å²) < 4.78 is 18.3. The number of nitrogens with zero attached hydrogens (tertiary/aromatic N) is 3. The fraction of sp³-hybridized carbons (Fsp3) is 0.235. The van der Waals surface area contributed by atoms with Crippen molar-refractivity contribution >= 4 is 17.2 Å². The van der Waals surface area contributed by atoms with E-state index < -0.39 is 0 Å². The lowest BCUT2D eigenvalue weighted by Crippen LogP contribution is -2.24. The van der Waals surface area contributed by atoms with Crippen molar-refractivity contribution in [2.75, 3.05) is 6.54 Å². The first-order valence-corrected chi connectivity index (χ1v) is 8.47. The summed E-state index contributed by atoms with van der Waals surface area (Å²) in [7, 11) is 0. The summed E-state index contributed by atoms with van der Waals surface area (Å²) in [5.74, 6) is 0.716. The van der Waals surface area contributed by atoms with Crippen LogP contribution in [0.2, 0.25) is 0 Å². The molecule has 1 aromatic carbocycles. The first-order valence-electron chi connectivity index (χ1n) is 7.59. The van der Waals surface area contributed by atoms with Crippen LogP contribution in [0.1, 0.15) is 23.8 Å². The molecule has 2 aromatic heterocycles. The maximum absolute atomic E-state index is 13.0. The van der Waals surface area contributed by atoms with E-state index in [1.54, 1.807) is 28.4 Å². The number of likely N-dealkylation sites (tertiary alicyclic amines) is 1. The van der Waals surface area contributed by atoms with Crippen LogP contribution in [0.3, 0.4) is 0 Å². The molecule has 4 rings (SSSR count). The van der Waals surface area contributed by atoms with E-state index in [4.69, 9.17) is 4.52 Å². The lowest BCUT2D eigenvalue weighted by Gasteiger charge is -2.15. The molecule has 24 heavy (non-hydrogen) atoms. The zero-order valence-electron chi connectivity index (χ0n) is 12.7. The van der Waals surface area contributed by atoms with E-state index in [9.17, 15) is 9.18 Å². The molecule has 1 aliphatic rings. The SMILES string of the molecule is O=C1C[C@@H](c2nc(-c3cccs3)no2)CN1Cc1ccc(F)cc1. The summed E-state index contributed by atoms with van der Waals surface area (Å²) in [5, 5.41) is 5.95. The number of halogens is 1. The van der Waals surface area contributed by atoms with Crippen molar-refractivity contribution in [1.82, 2.24) is 15.0 Å². The van der Waals surface area contributed by atoms with Gasteiger partial charge in [-0.1, -0.05) is 23.4 Å². The van der Waals surface area contributed by atoms with E-state index in [1.807, 2.05) is 17.5 Å². The first-order chi connectivity index (χ1) is 11.7. The predicted molar refractivity (Wildman–Crippen MR) is 86.8 cm³/mol. The fourth-order valence-corrected chi connectivity index (χ4v) is 3.46. The molecule has 1 atom stereocenters. The Morgan fingerprint density at radius 2 is 2.12 bits per heavy atom. The zero-order valence-corrected chi connectivity index (χ0v) is 13.5. The molecule has 7 heteroatoms. The molecule has 5 nitrogen and oxygen atoms in total. The van der Waals surface area contributed by atoms with Crippen LogP contribution in [0.4, 0.5) is 4.39 Å². The summed E-state index contributed by atoms with van der Waals surface area (Å²) in [6, 6.07) is 10.0. The summed E-state index contributed by atoms with van der Waals surface area (Å²) in [6.07, 6.45) is 0.354. The van der Waals surface area contributed by atoms with Gasteiger partial charge >= 0.3 is 0 Å². The average molecular weight is 343 g/mol. The highest BCUT2D eigenvalue weighted by Gasteiger charge is 2.34. The molecule has 0 bridgehead atoms.